The lowest BCUT2D eigenvalue weighted by Crippen LogP contribution is -2.25. The summed E-state index contributed by atoms with van der Waals surface area (Å²) >= 11 is 0. The molecule has 1 heterocycles. The summed E-state index contributed by atoms with van der Waals surface area (Å²) in [5.74, 6) is 0.130. The summed E-state index contributed by atoms with van der Waals surface area (Å²) in [6, 6.07) is 3.37. The highest BCUT2D eigenvalue weighted by Crippen LogP contribution is 2.05. The van der Waals surface area contributed by atoms with E-state index in [0.717, 1.165) is 12.8 Å². The highest BCUT2D eigenvalue weighted by atomic mass is 16.1. The third kappa shape index (κ3) is 2.73. The van der Waals surface area contributed by atoms with Crippen molar-refractivity contribution in [2.24, 2.45) is 0 Å². The molecule has 14 heavy (non-hydrogen) atoms. The smallest absolute Gasteiger partial charge is 0.255 e. The number of nitrogens with zero attached hydrogens (tertiary/aromatic N) is 1. The fourth-order valence-corrected chi connectivity index (χ4v) is 1.08. The van der Waals surface area contributed by atoms with Crippen LogP contribution in [0.15, 0.2) is 18.3 Å². The number of nitrogen functional groups attached to an aromatic ring is 1. The lowest BCUT2D eigenvalue weighted by atomic mass is 10.2. The number of rotatable bonds is 4. The van der Waals surface area contributed by atoms with Crippen molar-refractivity contribution < 1.29 is 4.79 Å². The average molecular weight is 193 g/mol. The summed E-state index contributed by atoms with van der Waals surface area (Å²) in [5.41, 5.74) is 6.00. The minimum absolute atomic E-state index is 0.149. The van der Waals surface area contributed by atoms with Crippen molar-refractivity contribution in [3.8, 4) is 0 Å². The van der Waals surface area contributed by atoms with Gasteiger partial charge < -0.3 is 11.1 Å². The van der Waals surface area contributed by atoms with Gasteiger partial charge in [-0.3, -0.25) is 4.79 Å². The van der Waals surface area contributed by atoms with Gasteiger partial charge in [0.05, 0.1) is 5.56 Å². The first-order chi connectivity index (χ1) is 6.75. The first-order valence-corrected chi connectivity index (χ1v) is 4.74. The number of hydrogen-bond acceptors (Lipinski definition) is 3. The highest BCUT2D eigenvalue weighted by Gasteiger charge is 2.07. The number of carbonyl (C=O) groups excluding carboxylic acids is 1. The summed E-state index contributed by atoms with van der Waals surface area (Å²) in [6.45, 7) is 2.76. The van der Waals surface area contributed by atoms with E-state index in [4.69, 9.17) is 5.73 Å². The maximum atomic E-state index is 11.5. The van der Waals surface area contributed by atoms with Gasteiger partial charge in [0.25, 0.3) is 5.91 Å². The van der Waals surface area contributed by atoms with Crippen LogP contribution in [0.4, 0.5) is 5.82 Å². The fourth-order valence-electron chi connectivity index (χ4n) is 1.08. The van der Waals surface area contributed by atoms with Crippen LogP contribution in [0, 0.1) is 0 Å². The molecule has 0 bridgehead atoms. The Morgan fingerprint density at radius 1 is 1.64 bits per heavy atom. The van der Waals surface area contributed by atoms with E-state index in [1.165, 1.54) is 0 Å². The molecule has 0 aliphatic carbocycles. The zero-order valence-electron chi connectivity index (χ0n) is 8.29. The standard InChI is InChI=1S/C10H15N3O/c1-2-3-6-13-10(14)8-5-4-7-12-9(8)11/h4-5,7H,2-3,6H2,1H3,(H2,11,12)(H,13,14). The molecular weight excluding hydrogens is 178 g/mol. The van der Waals surface area contributed by atoms with E-state index in [-0.39, 0.29) is 11.7 Å². The molecule has 1 rings (SSSR count). The second kappa shape index (κ2) is 5.21. The molecule has 76 valence electrons. The number of pyridine rings is 1. The van der Waals surface area contributed by atoms with Crippen molar-refractivity contribution in [3.63, 3.8) is 0 Å². The lowest BCUT2D eigenvalue weighted by molar-refractivity contribution is 0.0954. The van der Waals surface area contributed by atoms with Crippen molar-refractivity contribution in [3.05, 3.63) is 23.9 Å². The Balaban J connectivity index is 2.56. The molecule has 3 N–H and O–H groups in total. The third-order valence-electron chi connectivity index (χ3n) is 1.90. The molecule has 1 aromatic heterocycles. The van der Waals surface area contributed by atoms with Crippen molar-refractivity contribution in [1.29, 1.82) is 0 Å². The summed E-state index contributed by atoms with van der Waals surface area (Å²) in [5, 5.41) is 2.78. The minimum Gasteiger partial charge on any atom is -0.383 e. The number of nitrogens with one attached hydrogen (secondary N) is 1. The average Bonchev–Trinajstić information content (AvgIpc) is 2.18. The predicted octanol–water partition coefficient (Wildman–Crippen LogP) is 1.19. The van der Waals surface area contributed by atoms with Crippen LogP contribution in [0.5, 0.6) is 0 Å². The number of carbonyl (C=O) groups is 1. The Hall–Kier alpha value is -1.58. The Morgan fingerprint density at radius 2 is 2.43 bits per heavy atom. The summed E-state index contributed by atoms with van der Waals surface area (Å²) in [6.07, 6.45) is 3.60. The molecule has 0 aliphatic rings. The van der Waals surface area contributed by atoms with Crippen LogP contribution in [0.25, 0.3) is 0 Å². The number of amides is 1. The summed E-state index contributed by atoms with van der Waals surface area (Å²) in [4.78, 5) is 15.4. The van der Waals surface area contributed by atoms with Gasteiger partial charge in [-0.2, -0.15) is 0 Å². The quantitative estimate of drug-likeness (QED) is 0.706. The molecule has 0 saturated carbocycles. The van der Waals surface area contributed by atoms with Gasteiger partial charge in [0.2, 0.25) is 0 Å². The molecule has 0 radical (unpaired) electrons. The number of aromatic nitrogens is 1. The van der Waals surface area contributed by atoms with Crippen LogP contribution >= 0.6 is 0 Å². The van der Waals surface area contributed by atoms with E-state index in [1.54, 1.807) is 18.3 Å². The first-order valence-electron chi connectivity index (χ1n) is 4.74. The normalized spacial score (nSPS) is 9.79. The van der Waals surface area contributed by atoms with E-state index in [2.05, 4.69) is 17.2 Å². The van der Waals surface area contributed by atoms with E-state index in [9.17, 15) is 4.79 Å². The van der Waals surface area contributed by atoms with Gasteiger partial charge in [0.15, 0.2) is 0 Å². The maximum Gasteiger partial charge on any atom is 0.255 e. The summed E-state index contributed by atoms with van der Waals surface area (Å²) < 4.78 is 0. The number of anilines is 1. The molecule has 4 nitrogen and oxygen atoms in total. The molecule has 1 aromatic rings. The molecule has 0 aromatic carbocycles. The van der Waals surface area contributed by atoms with Crippen LogP contribution < -0.4 is 11.1 Å². The lowest BCUT2D eigenvalue weighted by Gasteiger charge is -2.05. The molecule has 0 atom stereocenters. The molecule has 0 fully saturated rings. The maximum absolute atomic E-state index is 11.5. The Labute approximate surface area is 83.5 Å². The van der Waals surface area contributed by atoms with E-state index < -0.39 is 0 Å². The minimum atomic E-state index is -0.149. The third-order valence-corrected chi connectivity index (χ3v) is 1.90. The van der Waals surface area contributed by atoms with Crippen molar-refractivity contribution >= 4 is 11.7 Å². The van der Waals surface area contributed by atoms with Gasteiger partial charge in [-0.15, -0.1) is 0 Å². The zero-order chi connectivity index (χ0) is 10.4. The van der Waals surface area contributed by atoms with Gasteiger partial charge in [-0.25, -0.2) is 4.98 Å². The van der Waals surface area contributed by atoms with Crippen molar-refractivity contribution in [1.82, 2.24) is 10.3 Å². The van der Waals surface area contributed by atoms with E-state index >= 15 is 0 Å². The van der Waals surface area contributed by atoms with Crippen LogP contribution in [0.2, 0.25) is 0 Å². The topological polar surface area (TPSA) is 68.0 Å². The Morgan fingerprint density at radius 3 is 3.07 bits per heavy atom. The summed E-state index contributed by atoms with van der Waals surface area (Å²) in [7, 11) is 0. The molecular formula is C10H15N3O. The monoisotopic (exact) mass is 193 g/mol. The Kier molecular flexibility index (Phi) is 3.91. The second-order valence-electron chi connectivity index (χ2n) is 3.05. The molecule has 0 saturated heterocycles. The predicted molar refractivity (Wildman–Crippen MR) is 55.9 cm³/mol. The van der Waals surface area contributed by atoms with E-state index in [1.807, 2.05) is 0 Å². The largest absolute Gasteiger partial charge is 0.383 e. The first kappa shape index (κ1) is 10.5. The van der Waals surface area contributed by atoms with Gasteiger partial charge in [0.1, 0.15) is 5.82 Å². The zero-order valence-corrected chi connectivity index (χ0v) is 8.29. The number of unbranched alkanes of at least 4 members (excludes halogenated alkanes) is 1. The van der Waals surface area contributed by atoms with Gasteiger partial charge >= 0.3 is 0 Å². The number of hydrogen-bond donors (Lipinski definition) is 2. The van der Waals surface area contributed by atoms with Crippen LogP contribution in [-0.2, 0) is 0 Å². The molecule has 0 unspecified atom stereocenters. The van der Waals surface area contributed by atoms with Crippen LogP contribution in [-0.4, -0.2) is 17.4 Å². The second-order valence-corrected chi connectivity index (χ2v) is 3.05. The molecule has 0 spiro atoms. The van der Waals surface area contributed by atoms with Gasteiger partial charge in [-0.1, -0.05) is 13.3 Å². The highest BCUT2D eigenvalue weighted by molar-refractivity contribution is 5.98. The van der Waals surface area contributed by atoms with Crippen molar-refractivity contribution in [2.45, 2.75) is 19.8 Å². The fraction of sp³-hybridized carbons (Fsp3) is 0.400. The Bertz CT molecular complexity index is 312. The number of nitrogens with two attached hydrogens (primary N) is 1. The van der Waals surface area contributed by atoms with Gasteiger partial charge in [0, 0.05) is 12.7 Å². The van der Waals surface area contributed by atoms with Crippen LogP contribution in [0.1, 0.15) is 30.1 Å². The molecule has 4 heteroatoms. The van der Waals surface area contributed by atoms with E-state index in [0.29, 0.717) is 12.1 Å². The molecule has 1 amide bonds. The van der Waals surface area contributed by atoms with Crippen molar-refractivity contribution in [2.75, 3.05) is 12.3 Å². The van der Waals surface area contributed by atoms with Gasteiger partial charge in [-0.05, 0) is 18.6 Å². The molecule has 0 aliphatic heterocycles. The SMILES string of the molecule is CCCCNC(=O)c1cccnc1N. The van der Waals surface area contributed by atoms with Crippen LogP contribution in [0.3, 0.4) is 0 Å².